The average molecular weight is 293 g/mol. The molecule has 122 valence electrons. The SMILES string of the molecule is C=C(N)CCCCCCCCCCCN(C)C(=C)/C=C\C. The number of likely N-dealkylation sites (N-methyl/N-ethyl adjacent to an activating group) is 1. The molecule has 0 aliphatic rings. The second kappa shape index (κ2) is 13.8. The van der Waals surface area contributed by atoms with E-state index in [-0.39, 0.29) is 0 Å². The Morgan fingerprint density at radius 3 is 1.86 bits per heavy atom. The van der Waals surface area contributed by atoms with Crippen LogP contribution in [0.2, 0.25) is 0 Å². The van der Waals surface area contributed by atoms with Crippen molar-refractivity contribution in [3.8, 4) is 0 Å². The molecular formula is C19H36N2. The fourth-order valence-electron chi connectivity index (χ4n) is 2.40. The molecule has 0 fully saturated rings. The highest BCUT2D eigenvalue weighted by Crippen LogP contribution is 2.12. The number of nitrogens with two attached hydrogens (primary N) is 1. The highest BCUT2D eigenvalue weighted by molar-refractivity contribution is 5.11. The highest BCUT2D eigenvalue weighted by atomic mass is 15.1. The minimum atomic E-state index is 0.831. The Bertz CT molecular complexity index is 305. The zero-order valence-corrected chi connectivity index (χ0v) is 14.4. The number of hydrogen-bond donors (Lipinski definition) is 1. The zero-order valence-electron chi connectivity index (χ0n) is 14.4. The van der Waals surface area contributed by atoms with Gasteiger partial charge >= 0.3 is 0 Å². The molecule has 0 unspecified atom stereocenters. The summed E-state index contributed by atoms with van der Waals surface area (Å²) in [4.78, 5) is 2.24. The van der Waals surface area contributed by atoms with Crippen LogP contribution in [0.25, 0.3) is 0 Å². The molecule has 0 aliphatic heterocycles. The van der Waals surface area contributed by atoms with Crippen molar-refractivity contribution in [1.29, 1.82) is 0 Å². The lowest BCUT2D eigenvalue weighted by Gasteiger charge is -2.19. The maximum Gasteiger partial charge on any atom is 0.0287 e. The molecule has 0 aromatic carbocycles. The molecule has 0 heterocycles. The van der Waals surface area contributed by atoms with Gasteiger partial charge in [0.25, 0.3) is 0 Å². The first-order chi connectivity index (χ1) is 10.1. The van der Waals surface area contributed by atoms with E-state index in [1.165, 1.54) is 57.8 Å². The monoisotopic (exact) mass is 292 g/mol. The lowest BCUT2D eigenvalue weighted by Crippen LogP contribution is -2.17. The maximum absolute atomic E-state index is 5.55. The largest absolute Gasteiger partial charge is 0.403 e. The molecule has 0 atom stereocenters. The first-order valence-electron chi connectivity index (χ1n) is 8.54. The molecule has 21 heavy (non-hydrogen) atoms. The molecule has 0 amide bonds. The maximum atomic E-state index is 5.55. The van der Waals surface area contributed by atoms with Gasteiger partial charge in [-0.3, -0.25) is 0 Å². The third kappa shape index (κ3) is 13.6. The van der Waals surface area contributed by atoms with Gasteiger partial charge < -0.3 is 10.6 Å². The van der Waals surface area contributed by atoms with Gasteiger partial charge in [-0.25, -0.2) is 0 Å². The molecule has 0 aliphatic carbocycles. The quantitative estimate of drug-likeness (QED) is 0.344. The minimum Gasteiger partial charge on any atom is -0.403 e. The van der Waals surface area contributed by atoms with Crippen LogP contribution in [0.15, 0.2) is 36.7 Å². The van der Waals surface area contributed by atoms with E-state index in [0.29, 0.717) is 0 Å². The summed E-state index contributed by atoms with van der Waals surface area (Å²) in [5.74, 6) is 0. The van der Waals surface area contributed by atoms with E-state index in [1.807, 2.05) is 13.0 Å². The van der Waals surface area contributed by atoms with Crippen LogP contribution in [0.1, 0.15) is 71.1 Å². The van der Waals surface area contributed by atoms with E-state index in [2.05, 4.69) is 31.2 Å². The Morgan fingerprint density at radius 1 is 0.905 bits per heavy atom. The molecule has 0 spiro atoms. The Morgan fingerprint density at radius 2 is 1.38 bits per heavy atom. The van der Waals surface area contributed by atoms with Crippen LogP contribution in [0.4, 0.5) is 0 Å². The van der Waals surface area contributed by atoms with E-state index < -0.39 is 0 Å². The van der Waals surface area contributed by atoms with E-state index in [9.17, 15) is 0 Å². The topological polar surface area (TPSA) is 29.3 Å². The van der Waals surface area contributed by atoms with Gasteiger partial charge in [0.1, 0.15) is 0 Å². The van der Waals surface area contributed by atoms with Crippen LogP contribution >= 0.6 is 0 Å². The normalized spacial score (nSPS) is 11.0. The second-order valence-corrected chi connectivity index (χ2v) is 6.00. The van der Waals surface area contributed by atoms with Gasteiger partial charge in [0.15, 0.2) is 0 Å². The first kappa shape index (κ1) is 19.8. The van der Waals surface area contributed by atoms with Gasteiger partial charge in [-0.15, -0.1) is 0 Å². The van der Waals surface area contributed by atoms with Crippen LogP contribution in [0.5, 0.6) is 0 Å². The van der Waals surface area contributed by atoms with Gasteiger partial charge in [-0.1, -0.05) is 64.2 Å². The molecular weight excluding hydrogens is 256 g/mol. The summed E-state index contributed by atoms with van der Waals surface area (Å²) in [6.45, 7) is 10.9. The van der Waals surface area contributed by atoms with Crippen molar-refractivity contribution in [3.63, 3.8) is 0 Å². The predicted molar refractivity (Wildman–Crippen MR) is 96.1 cm³/mol. The molecule has 2 N–H and O–H groups in total. The lowest BCUT2D eigenvalue weighted by atomic mass is 10.1. The minimum absolute atomic E-state index is 0.831. The fraction of sp³-hybridized carbons (Fsp3) is 0.684. The third-order valence-electron chi connectivity index (χ3n) is 3.84. The number of rotatable bonds is 14. The van der Waals surface area contributed by atoms with Crippen LogP contribution in [-0.2, 0) is 0 Å². The summed E-state index contributed by atoms with van der Waals surface area (Å²) in [6.07, 6.45) is 17.1. The van der Waals surface area contributed by atoms with E-state index in [1.54, 1.807) is 0 Å². The summed E-state index contributed by atoms with van der Waals surface area (Å²) in [5.41, 5.74) is 7.49. The van der Waals surface area contributed by atoms with Crippen LogP contribution < -0.4 is 5.73 Å². The Hall–Kier alpha value is -1.18. The van der Waals surface area contributed by atoms with Gasteiger partial charge in [-0.2, -0.15) is 0 Å². The van der Waals surface area contributed by atoms with Crippen molar-refractivity contribution < 1.29 is 0 Å². The van der Waals surface area contributed by atoms with E-state index in [4.69, 9.17) is 5.73 Å². The summed E-state index contributed by atoms with van der Waals surface area (Å²) < 4.78 is 0. The number of allylic oxidation sites excluding steroid dienone is 3. The van der Waals surface area contributed by atoms with E-state index in [0.717, 1.165) is 24.4 Å². The first-order valence-corrected chi connectivity index (χ1v) is 8.54. The van der Waals surface area contributed by atoms with Crippen molar-refractivity contribution >= 4 is 0 Å². The summed E-state index contributed by atoms with van der Waals surface area (Å²) >= 11 is 0. The average Bonchev–Trinajstić information content (AvgIpc) is 2.44. The smallest absolute Gasteiger partial charge is 0.0287 e. The Labute approximate surface area is 132 Å². The summed E-state index contributed by atoms with van der Waals surface area (Å²) in [5, 5.41) is 0. The van der Waals surface area contributed by atoms with Gasteiger partial charge in [0.05, 0.1) is 0 Å². The van der Waals surface area contributed by atoms with Crippen molar-refractivity contribution in [2.45, 2.75) is 71.1 Å². The molecule has 2 heteroatoms. The van der Waals surface area contributed by atoms with Crippen LogP contribution in [0, 0.1) is 0 Å². The number of unbranched alkanes of at least 4 members (excludes halogenated alkanes) is 8. The highest BCUT2D eigenvalue weighted by Gasteiger charge is 1.98. The van der Waals surface area contributed by atoms with Crippen molar-refractivity contribution in [1.82, 2.24) is 4.90 Å². The molecule has 0 rings (SSSR count). The summed E-state index contributed by atoms with van der Waals surface area (Å²) in [6, 6.07) is 0. The Kier molecular flexibility index (Phi) is 13.0. The molecule has 2 nitrogen and oxygen atoms in total. The fourth-order valence-corrected chi connectivity index (χ4v) is 2.40. The number of hydrogen-bond acceptors (Lipinski definition) is 2. The molecule has 0 saturated carbocycles. The molecule has 0 saturated heterocycles. The van der Waals surface area contributed by atoms with Gasteiger partial charge in [0.2, 0.25) is 0 Å². The third-order valence-corrected chi connectivity index (χ3v) is 3.84. The van der Waals surface area contributed by atoms with E-state index >= 15 is 0 Å². The predicted octanol–water partition coefficient (Wildman–Crippen LogP) is 5.38. The van der Waals surface area contributed by atoms with Crippen LogP contribution in [-0.4, -0.2) is 18.5 Å². The molecule has 0 radical (unpaired) electrons. The van der Waals surface area contributed by atoms with Crippen molar-refractivity contribution in [3.05, 3.63) is 36.7 Å². The molecule has 0 aromatic rings. The Balaban J connectivity index is 3.26. The molecule has 0 bridgehead atoms. The second-order valence-electron chi connectivity index (χ2n) is 6.00. The lowest BCUT2D eigenvalue weighted by molar-refractivity contribution is 0.408. The summed E-state index contributed by atoms with van der Waals surface area (Å²) in [7, 11) is 2.12. The van der Waals surface area contributed by atoms with Crippen molar-refractivity contribution in [2.75, 3.05) is 13.6 Å². The van der Waals surface area contributed by atoms with Gasteiger partial charge in [0, 0.05) is 25.0 Å². The van der Waals surface area contributed by atoms with Gasteiger partial charge in [-0.05, 0) is 32.3 Å². The standard InChI is InChI=1S/C19H36N2/c1-5-15-19(3)21(4)17-14-12-10-8-6-7-9-11-13-16-18(2)20/h5,15H,2-3,6-14,16-17,20H2,1,4H3/b15-5-. The molecule has 0 aromatic heterocycles. The zero-order chi connectivity index (χ0) is 15.9. The number of nitrogens with zero attached hydrogens (tertiary/aromatic N) is 1. The van der Waals surface area contributed by atoms with Crippen molar-refractivity contribution in [2.24, 2.45) is 5.73 Å². The van der Waals surface area contributed by atoms with Crippen LogP contribution in [0.3, 0.4) is 0 Å².